The molecule has 0 spiro atoms. The Bertz CT molecular complexity index is 764. The number of ketones is 1. The van der Waals surface area contributed by atoms with Gasteiger partial charge in [-0.15, -0.1) is 0 Å². The zero-order valence-corrected chi connectivity index (χ0v) is 17.8. The zero-order chi connectivity index (χ0) is 21.0. The monoisotopic (exact) mass is 413 g/mol. The van der Waals surface area contributed by atoms with Crippen LogP contribution >= 0.6 is 7.60 Å². The van der Waals surface area contributed by atoms with Gasteiger partial charge in [0.25, 0.3) is 5.34 Å². The minimum Gasteiger partial charge on any atom is -0.442 e. The Hall–Kier alpha value is -1.73. The number of benzene rings is 1. The minimum atomic E-state index is -4.09. The maximum absolute atomic E-state index is 13.6. The number of aryl methyl sites for hydroxylation is 1. The molecule has 1 aliphatic rings. The molecule has 1 aromatic carbocycles. The van der Waals surface area contributed by atoms with E-state index in [4.69, 9.17) is 18.6 Å². The van der Waals surface area contributed by atoms with Crippen LogP contribution in [0.2, 0.25) is 0 Å². The molecule has 0 unspecified atom stereocenters. The third-order valence-corrected chi connectivity index (χ3v) is 6.69. The Morgan fingerprint density at radius 1 is 1.18 bits per heavy atom. The fraction of sp³-hybridized carbons (Fsp3) is 0.579. The molecule has 9 heteroatoms. The predicted molar refractivity (Wildman–Crippen MR) is 103 cm³/mol. The smallest absolute Gasteiger partial charge is 0.431 e. The van der Waals surface area contributed by atoms with Crippen molar-refractivity contribution in [3.63, 3.8) is 0 Å². The van der Waals surface area contributed by atoms with Gasteiger partial charge in [0.1, 0.15) is 5.60 Å². The molecule has 0 fully saturated rings. The third-order valence-electron chi connectivity index (χ3n) is 4.09. The van der Waals surface area contributed by atoms with Crippen molar-refractivity contribution in [3.8, 4) is 0 Å². The lowest BCUT2D eigenvalue weighted by atomic mass is 9.88. The summed E-state index contributed by atoms with van der Waals surface area (Å²) in [5, 5.41) is -2.00. The van der Waals surface area contributed by atoms with Gasteiger partial charge < -0.3 is 13.8 Å². The SMILES string of the molecule is CCOP(=O)(OCC)[C@]1(ONC(=O)OC(C)(C)C)CCc2ccccc2C1=O. The van der Waals surface area contributed by atoms with E-state index in [1.165, 1.54) is 0 Å². The summed E-state index contributed by atoms with van der Waals surface area (Å²) in [4.78, 5) is 31.0. The van der Waals surface area contributed by atoms with Crippen LogP contribution in [-0.4, -0.2) is 36.0 Å². The maximum Gasteiger partial charge on any atom is 0.431 e. The maximum atomic E-state index is 13.6. The van der Waals surface area contributed by atoms with Crippen LogP contribution in [0, 0.1) is 0 Å². The summed E-state index contributed by atoms with van der Waals surface area (Å²) >= 11 is 0. The standard InChI is InChI=1S/C19H28NO7P/c1-6-24-28(23,25-7-2)19(27-20-17(22)26-18(3,4)5)13-12-14-10-8-9-11-15(14)16(19)21/h8-11H,6-7,12-13H2,1-5H3,(H,20,22)/t19-/m1/s1. The van der Waals surface area contributed by atoms with Crippen molar-refractivity contribution < 1.29 is 32.8 Å². The van der Waals surface area contributed by atoms with Crippen LogP contribution in [0.3, 0.4) is 0 Å². The number of fused-ring (bicyclic) bond motifs is 1. The number of hydroxylamine groups is 1. The highest BCUT2D eigenvalue weighted by atomic mass is 31.2. The van der Waals surface area contributed by atoms with E-state index in [1.54, 1.807) is 46.8 Å². The number of Topliss-reactive ketones (excluding diaryl/α,β-unsaturated/α-hetero) is 1. The van der Waals surface area contributed by atoms with Crippen molar-refractivity contribution >= 4 is 19.5 Å². The zero-order valence-electron chi connectivity index (χ0n) is 16.9. The summed E-state index contributed by atoms with van der Waals surface area (Å²) in [6.45, 7) is 8.44. The van der Waals surface area contributed by atoms with Gasteiger partial charge in [0.2, 0.25) is 5.78 Å². The molecule has 0 saturated heterocycles. The number of rotatable bonds is 7. The average Bonchev–Trinajstić information content (AvgIpc) is 2.60. The fourth-order valence-corrected chi connectivity index (χ4v) is 5.10. The quantitative estimate of drug-likeness (QED) is 0.527. The second-order valence-corrected chi connectivity index (χ2v) is 9.54. The molecule has 28 heavy (non-hydrogen) atoms. The van der Waals surface area contributed by atoms with E-state index in [0.29, 0.717) is 12.0 Å². The molecule has 0 radical (unpaired) electrons. The van der Waals surface area contributed by atoms with Crippen LogP contribution < -0.4 is 5.48 Å². The number of carbonyl (C=O) groups excluding carboxylic acids is 2. The number of ether oxygens (including phenoxy) is 1. The van der Waals surface area contributed by atoms with Gasteiger partial charge in [0.15, 0.2) is 0 Å². The molecule has 1 aliphatic carbocycles. The van der Waals surface area contributed by atoms with Crippen LogP contribution in [-0.2, 0) is 29.6 Å². The molecule has 1 N–H and O–H groups in total. The summed E-state index contributed by atoms with van der Waals surface area (Å²) in [6.07, 6.45) is -0.476. The minimum absolute atomic E-state index is 0.0237. The van der Waals surface area contributed by atoms with Crippen LogP contribution in [0.25, 0.3) is 0 Å². The van der Waals surface area contributed by atoms with Gasteiger partial charge >= 0.3 is 13.7 Å². The Labute approximate surface area is 165 Å². The van der Waals surface area contributed by atoms with E-state index >= 15 is 0 Å². The van der Waals surface area contributed by atoms with Crippen LogP contribution in [0.4, 0.5) is 4.79 Å². The Morgan fingerprint density at radius 2 is 1.79 bits per heavy atom. The summed E-state index contributed by atoms with van der Waals surface area (Å²) < 4.78 is 29.6. The van der Waals surface area contributed by atoms with Crippen LogP contribution in [0.1, 0.15) is 57.0 Å². The molecular formula is C19H28NO7P. The molecular weight excluding hydrogens is 385 g/mol. The first-order valence-electron chi connectivity index (χ1n) is 9.27. The van der Waals surface area contributed by atoms with Crippen molar-refractivity contribution in [3.05, 3.63) is 35.4 Å². The molecule has 0 aliphatic heterocycles. The molecule has 0 heterocycles. The first-order valence-corrected chi connectivity index (χ1v) is 10.8. The lowest BCUT2D eigenvalue weighted by Gasteiger charge is -2.39. The van der Waals surface area contributed by atoms with Gasteiger partial charge in [-0.2, -0.15) is 5.48 Å². The number of nitrogens with one attached hydrogen (secondary N) is 1. The number of hydrogen-bond acceptors (Lipinski definition) is 7. The van der Waals surface area contributed by atoms with Crippen molar-refractivity contribution in [1.82, 2.24) is 5.48 Å². The van der Waals surface area contributed by atoms with Crippen molar-refractivity contribution in [2.45, 2.75) is 58.4 Å². The van der Waals surface area contributed by atoms with Crippen molar-refractivity contribution in [2.24, 2.45) is 0 Å². The van der Waals surface area contributed by atoms with Gasteiger partial charge in [-0.3, -0.25) is 9.36 Å². The second kappa shape index (κ2) is 8.74. The van der Waals surface area contributed by atoms with Crippen LogP contribution in [0.15, 0.2) is 24.3 Å². The Kier molecular flexibility index (Phi) is 7.04. The normalized spacial score (nSPS) is 19.8. The average molecular weight is 413 g/mol. The van der Waals surface area contributed by atoms with E-state index in [-0.39, 0.29) is 19.6 Å². The van der Waals surface area contributed by atoms with Gasteiger partial charge in [-0.1, -0.05) is 24.3 Å². The molecule has 2 rings (SSSR count). The molecule has 1 amide bonds. The molecule has 8 nitrogen and oxygen atoms in total. The summed E-state index contributed by atoms with van der Waals surface area (Å²) in [7, 11) is -4.09. The fourth-order valence-electron chi connectivity index (χ4n) is 3.01. The lowest BCUT2D eigenvalue weighted by Crippen LogP contribution is -2.50. The van der Waals surface area contributed by atoms with Gasteiger partial charge in [0, 0.05) is 12.0 Å². The van der Waals surface area contributed by atoms with Gasteiger partial charge in [-0.25, -0.2) is 9.63 Å². The second-order valence-electron chi connectivity index (χ2n) is 7.31. The highest BCUT2D eigenvalue weighted by Crippen LogP contribution is 2.64. The molecule has 1 atom stereocenters. The molecule has 1 aromatic rings. The predicted octanol–water partition coefficient (Wildman–Crippen LogP) is 4.23. The first-order chi connectivity index (χ1) is 13.1. The number of amides is 1. The van der Waals surface area contributed by atoms with E-state index in [2.05, 4.69) is 5.48 Å². The van der Waals surface area contributed by atoms with Crippen molar-refractivity contribution in [1.29, 1.82) is 0 Å². The number of hydrogen-bond donors (Lipinski definition) is 1. The van der Waals surface area contributed by atoms with Crippen LogP contribution in [0.5, 0.6) is 0 Å². The summed E-state index contributed by atoms with van der Waals surface area (Å²) in [5.74, 6) is -0.560. The van der Waals surface area contributed by atoms with E-state index in [9.17, 15) is 14.2 Å². The summed E-state index contributed by atoms with van der Waals surface area (Å²) in [6, 6.07) is 6.99. The molecule has 0 aromatic heterocycles. The Morgan fingerprint density at radius 3 is 2.36 bits per heavy atom. The van der Waals surface area contributed by atoms with Gasteiger partial charge in [0.05, 0.1) is 13.2 Å². The largest absolute Gasteiger partial charge is 0.442 e. The van der Waals surface area contributed by atoms with Crippen molar-refractivity contribution in [2.75, 3.05) is 13.2 Å². The molecule has 0 saturated carbocycles. The Balaban J connectivity index is 2.43. The van der Waals surface area contributed by atoms with Gasteiger partial charge in [-0.05, 0) is 46.6 Å². The molecule has 156 valence electrons. The summed E-state index contributed by atoms with van der Waals surface area (Å²) in [5.41, 5.74) is 2.52. The third kappa shape index (κ3) is 4.63. The first kappa shape index (κ1) is 22.6. The topological polar surface area (TPSA) is 100 Å². The lowest BCUT2D eigenvalue weighted by molar-refractivity contribution is -0.0651. The van der Waals surface area contributed by atoms with E-state index in [0.717, 1.165) is 5.56 Å². The highest BCUT2D eigenvalue weighted by Gasteiger charge is 2.61. The van der Waals surface area contributed by atoms with E-state index in [1.807, 2.05) is 12.1 Å². The molecule has 0 bridgehead atoms. The highest BCUT2D eigenvalue weighted by molar-refractivity contribution is 7.56. The number of carbonyl (C=O) groups is 2. The van der Waals surface area contributed by atoms with E-state index < -0.39 is 30.4 Å².